The van der Waals surface area contributed by atoms with Crippen LogP contribution in [0.4, 0.5) is 0 Å². The van der Waals surface area contributed by atoms with Gasteiger partial charge in [0.15, 0.2) is 0 Å². The minimum atomic E-state index is -1.17. The second kappa shape index (κ2) is 8.45. The third-order valence-corrected chi connectivity index (χ3v) is 4.40. The number of carbonyl (C=O) groups excluding carboxylic acids is 1. The van der Waals surface area contributed by atoms with Gasteiger partial charge in [-0.05, 0) is 31.5 Å². The Morgan fingerprint density at radius 2 is 1.93 bits per heavy atom. The summed E-state index contributed by atoms with van der Waals surface area (Å²) in [7, 11) is 0. The molecule has 1 saturated heterocycles. The van der Waals surface area contributed by atoms with E-state index in [2.05, 4.69) is 4.98 Å². The Kier molecular flexibility index (Phi) is 6.01. The molecular formula is C19H19ClN2O6. The van der Waals surface area contributed by atoms with Crippen molar-refractivity contribution in [3.63, 3.8) is 0 Å². The van der Waals surface area contributed by atoms with Crippen LogP contribution in [-0.2, 0) is 0 Å². The summed E-state index contributed by atoms with van der Waals surface area (Å²) in [5.41, 5.74) is 0.301. The molecule has 1 aromatic carbocycles. The number of aliphatic hydroxyl groups excluding tert-OH is 1. The van der Waals surface area contributed by atoms with Crippen molar-refractivity contribution in [3.05, 3.63) is 46.6 Å². The lowest BCUT2D eigenvalue weighted by Gasteiger charge is -2.30. The van der Waals surface area contributed by atoms with Crippen LogP contribution in [0.1, 0.15) is 34.1 Å². The summed E-state index contributed by atoms with van der Waals surface area (Å²) in [6.07, 6.45) is 1.83. The maximum atomic E-state index is 12.2. The number of carbonyl (C=O) groups is 2. The Morgan fingerprint density at radius 3 is 2.50 bits per heavy atom. The molecule has 2 aromatic rings. The van der Waals surface area contributed by atoms with Crippen LogP contribution in [0.25, 0.3) is 0 Å². The minimum absolute atomic E-state index is 0.0329. The Bertz CT molecular complexity index is 900. The van der Waals surface area contributed by atoms with Gasteiger partial charge in [-0.25, -0.2) is 9.78 Å². The zero-order chi connectivity index (χ0) is 20.3. The maximum absolute atomic E-state index is 12.2. The van der Waals surface area contributed by atoms with Crippen molar-refractivity contribution in [2.45, 2.75) is 19.4 Å². The van der Waals surface area contributed by atoms with Crippen LogP contribution in [-0.4, -0.2) is 57.8 Å². The number of hydrogen-bond acceptors (Lipinski definition) is 6. The molecule has 0 saturated carbocycles. The number of halogens is 1. The Balaban J connectivity index is 1.83. The highest BCUT2D eigenvalue weighted by molar-refractivity contribution is 6.32. The molecule has 9 heteroatoms. The van der Waals surface area contributed by atoms with E-state index < -0.39 is 12.1 Å². The summed E-state index contributed by atoms with van der Waals surface area (Å²) in [6, 6.07) is 5.56. The SMILES string of the molecule is C[C@@H](CO)Oc1cc(Oc2ncc(C(=O)N3CCC3)cc2Cl)cc(C(=O)O)c1. The van der Waals surface area contributed by atoms with E-state index in [1.54, 1.807) is 11.8 Å². The fourth-order valence-corrected chi connectivity index (χ4v) is 2.73. The maximum Gasteiger partial charge on any atom is 0.335 e. The average Bonchev–Trinajstić information content (AvgIpc) is 2.61. The van der Waals surface area contributed by atoms with Crippen molar-refractivity contribution in [2.24, 2.45) is 0 Å². The number of ether oxygens (including phenoxy) is 2. The zero-order valence-electron chi connectivity index (χ0n) is 15.1. The summed E-state index contributed by atoms with van der Waals surface area (Å²) in [5, 5.41) is 18.5. The van der Waals surface area contributed by atoms with Gasteiger partial charge in [0.25, 0.3) is 5.91 Å². The van der Waals surface area contributed by atoms with E-state index in [1.165, 1.54) is 30.5 Å². The highest BCUT2D eigenvalue weighted by atomic mass is 35.5. The number of likely N-dealkylation sites (tertiary alicyclic amines) is 1. The second-order valence-electron chi connectivity index (χ2n) is 6.37. The molecule has 0 aliphatic carbocycles. The van der Waals surface area contributed by atoms with Gasteiger partial charge in [-0.3, -0.25) is 4.79 Å². The summed E-state index contributed by atoms with van der Waals surface area (Å²) < 4.78 is 11.1. The lowest BCUT2D eigenvalue weighted by Crippen LogP contribution is -2.42. The molecule has 3 rings (SSSR count). The van der Waals surface area contributed by atoms with Gasteiger partial charge in [-0.2, -0.15) is 0 Å². The van der Waals surface area contributed by atoms with Crippen molar-refractivity contribution < 1.29 is 29.3 Å². The van der Waals surface area contributed by atoms with Crippen LogP contribution in [0, 0.1) is 0 Å². The molecule has 148 valence electrons. The Hall–Kier alpha value is -2.84. The summed E-state index contributed by atoms with van der Waals surface area (Å²) in [6.45, 7) is 2.84. The normalized spacial score (nSPS) is 14.2. The number of hydrogen-bond donors (Lipinski definition) is 2. The highest BCUT2D eigenvalue weighted by Gasteiger charge is 2.23. The van der Waals surface area contributed by atoms with E-state index in [1.807, 2.05) is 0 Å². The molecular weight excluding hydrogens is 388 g/mol. The molecule has 1 aliphatic rings. The number of aromatic nitrogens is 1. The van der Waals surface area contributed by atoms with E-state index in [9.17, 15) is 14.7 Å². The molecule has 0 bridgehead atoms. The smallest absolute Gasteiger partial charge is 0.335 e. The Labute approximate surface area is 166 Å². The predicted molar refractivity (Wildman–Crippen MR) is 100 cm³/mol. The van der Waals surface area contributed by atoms with E-state index in [0.717, 1.165) is 6.42 Å². The van der Waals surface area contributed by atoms with Crippen molar-refractivity contribution in [1.82, 2.24) is 9.88 Å². The van der Waals surface area contributed by atoms with Crippen LogP contribution >= 0.6 is 11.6 Å². The molecule has 1 atom stereocenters. The molecule has 1 aliphatic heterocycles. The highest BCUT2D eigenvalue weighted by Crippen LogP contribution is 2.31. The number of benzene rings is 1. The fraction of sp³-hybridized carbons (Fsp3) is 0.316. The molecule has 28 heavy (non-hydrogen) atoms. The van der Waals surface area contributed by atoms with Crippen LogP contribution in [0.5, 0.6) is 17.4 Å². The number of carboxylic acids is 1. The molecule has 2 N–H and O–H groups in total. The predicted octanol–water partition coefficient (Wildman–Crippen LogP) is 2.83. The van der Waals surface area contributed by atoms with Crippen molar-refractivity contribution in [3.8, 4) is 17.4 Å². The quantitative estimate of drug-likeness (QED) is 0.727. The van der Waals surface area contributed by atoms with Crippen molar-refractivity contribution in [1.29, 1.82) is 0 Å². The second-order valence-corrected chi connectivity index (χ2v) is 6.78. The van der Waals surface area contributed by atoms with Crippen LogP contribution < -0.4 is 9.47 Å². The van der Waals surface area contributed by atoms with Crippen molar-refractivity contribution in [2.75, 3.05) is 19.7 Å². The fourth-order valence-electron chi connectivity index (χ4n) is 2.52. The average molecular weight is 407 g/mol. The first-order valence-corrected chi connectivity index (χ1v) is 9.03. The van der Waals surface area contributed by atoms with E-state index >= 15 is 0 Å². The lowest BCUT2D eigenvalue weighted by molar-refractivity contribution is 0.0649. The van der Waals surface area contributed by atoms with Gasteiger partial charge in [-0.15, -0.1) is 0 Å². The number of nitrogens with zero attached hydrogens (tertiary/aromatic N) is 2. The molecule has 1 amide bonds. The van der Waals surface area contributed by atoms with E-state index in [0.29, 0.717) is 18.7 Å². The van der Waals surface area contributed by atoms with Gasteiger partial charge < -0.3 is 24.6 Å². The van der Waals surface area contributed by atoms with E-state index in [4.69, 9.17) is 26.2 Å². The third kappa shape index (κ3) is 4.52. The number of aliphatic hydroxyl groups is 1. The monoisotopic (exact) mass is 406 g/mol. The van der Waals surface area contributed by atoms with Gasteiger partial charge in [0.05, 0.1) is 17.7 Å². The minimum Gasteiger partial charge on any atom is -0.488 e. The number of amides is 1. The first-order valence-electron chi connectivity index (χ1n) is 8.66. The topological polar surface area (TPSA) is 109 Å². The van der Waals surface area contributed by atoms with Gasteiger partial charge in [-0.1, -0.05) is 11.6 Å². The summed E-state index contributed by atoms with van der Waals surface area (Å²) in [4.78, 5) is 29.4. The zero-order valence-corrected chi connectivity index (χ0v) is 15.8. The lowest BCUT2D eigenvalue weighted by atomic mass is 10.1. The summed E-state index contributed by atoms with van der Waals surface area (Å²) in [5.74, 6) is -0.908. The molecule has 2 heterocycles. The molecule has 0 spiro atoms. The van der Waals surface area contributed by atoms with Crippen LogP contribution in [0.3, 0.4) is 0 Å². The molecule has 0 unspecified atom stereocenters. The number of aromatic carboxylic acids is 1. The third-order valence-electron chi connectivity index (χ3n) is 4.13. The first-order chi connectivity index (χ1) is 13.4. The summed E-state index contributed by atoms with van der Waals surface area (Å²) >= 11 is 6.20. The van der Waals surface area contributed by atoms with Crippen molar-refractivity contribution >= 4 is 23.5 Å². The van der Waals surface area contributed by atoms with Gasteiger partial charge in [0.2, 0.25) is 5.88 Å². The number of carboxylic acid groups (broad SMARTS) is 1. The van der Waals surface area contributed by atoms with Crippen LogP contribution in [0.15, 0.2) is 30.5 Å². The van der Waals surface area contributed by atoms with Crippen LogP contribution in [0.2, 0.25) is 5.02 Å². The van der Waals surface area contributed by atoms with Gasteiger partial charge >= 0.3 is 5.97 Å². The largest absolute Gasteiger partial charge is 0.488 e. The first kappa shape index (κ1) is 19.9. The molecule has 1 fully saturated rings. The van der Waals surface area contributed by atoms with E-state index in [-0.39, 0.29) is 40.5 Å². The Morgan fingerprint density at radius 1 is 1.21 bits per heavy atom. The molecule has 0 radical (unpaired) electrons. The standard InChI is InChI=1S/C19H19ClN2O6/c1-11(10-23)27-14-5-12(19(25)26)6-15(8-14)28-17-16(20)7-13(9-21-17)18(24)22-3-2-4-22/h5-9,11,23H,2-4,10H2,1H3,(H,25,26)/t11-/m0/s1. The van der Waals surface area contributed by atoms with Gasteiger partial charge in [0.1, 0.15) is 22.6 Å². The number of rotatable bonds is 7. The van der Waals surface area contributed by atoms with Gasteiger partial charge in [0, 0.05) is 25.4 Å². The molecule has 1 aromatic heterocycles. The number of pyridine rings is 1. The molecule has 8 nitrogen and oxygen atoms in total.